The molecule has 1 rings (SSSR count). The van der Waals surface area contributed by atoms with Crippen molar-refractivity contribution >= 4 is 12.0 Å². The molecule has 3 nitrogen and oxygen atoms in total. The summed E-state index contributed by atoms with van der Waals surface area (Å²) < 4.78 is 0. The maximum Gasteiger partial charge on any atom is 0.246 e. The molecular weight excluding hydrogens is 176 g/mol. The minimum atomic E-state index is -0.0201. The largest absolute Gasteiger partial charge is 0.345 e. The Balaban J connectivity index is 2.79. The molecule has 74 valence electrons. The van der Waals surface area contributed by atoms with Crippen LogP contribution in [0, 0.1) is 6.92 Å². The molecule has 3 heteroatoms. The van der Waals surface area contributed by atoms with Crippen molar-refractivity contribution in [3.63, 3.8) is 0 Å². The van der Waals surface area contributed by atoms with Gasteiger partial charge in [0.2, 0.25) is 5.91 Å². The van der Waals surface area contributed by atoms with Gasteiger partial charge in [-0.1, -0.05) is 0 Å². The SMILES string of the molecule is Cc1ccncc1/C=C/C(=O)N(C)C. The molecule has 0 aromatic carbocycles. The lowest BCUT2D eigenvalue weighted by atomic mass is 10.1. The number of carbonyl (C=O) groups is 1. The van der Waals surface area contributed by atoms with E-state index in [1.165, 1.54) is 4.90 Å². The summed E-state index contributed by atoms with van der Waals surface area (Å²) in [5.41, 5.74) is 2.09. The Labute approximate surface area is 84.1 Å². The van der Waals surface area contributed by atoms with E-state index in [2.05, 4.69) is 4.98 Å². The number of amides is 1. The summed E-state index contributed by atoms with van der Waals surface area (Å²) >= 11 is 0. The van der Waals surface area contributed by atoms with Crippen molar-refractivity contribution in [1.82, 2.24) is 9.88 Å². The number of carbonyl (C=O) groups excluding carboxylic acids is 1. The average Bonchev–Trinajstić information content (AvgIpc) is 2.16. The summed E-state index contributed by atoms with van der Waals surface area (Å²) in [6, 6.07) is 1.92. The summed E-state index contributed by atoms with van der Waals surface area (Å²) in [4.78, 5) is 16.8. The Morgan fingerprint density at radius 3 is 2.79 bits per heavy atom. The Kier molecular flexibility index (Phi) is 3.40. The lowest BCUT2D eigenvalue weighted by Gasteiger charge is -2.05. The van der Waals surface area contributed by atoms with Crippen LogP contribution in [0.3, 0.4) is 0 Å². The lowest BCUT2D eigenvalue weighted by molar-refractivity contribution is -0.123. The predicted molar refractivity (Wildman–Crippen MR) is 56.7 cm³/mol. The minimum Gasteiger partial charge on any atom is -0.345 e. The van der Waals surface area contributed by atoms with Crippen molar-refractivity contribution in [2.75, 3.05) is 14.1 Å². The van der Waals surface area contributed by atoms with E-state index < -0.39 is 0 Å². The molecule has 0 atom stereocenters. The molecule has 0 aliphatic rings. The van der Waals surface area contributed by atoms with Crippen LogP contribution in [-0.2, 0) is 4.79 Å². The van der Waals surface area contributed by atoms with Gasteiger partial charge in [0.1, 0.15) is 0 Å². The van der Waals surface area contributed by atoms with E-state index in [9.17, 15) is 4.79 Å². The zero-order valence-electron chi connectivity index (χ0n) is 8.69. The fourth-order valence-electron chi connectivity index (χ4n) is 0.961. The fourth-order valence-corrected chi connectivity index (χ4v) is 0.961. The summed E-state index contributed by atoms with van der Waals surface area (Å²) in [6.07, 6.45) is 6.81. The topological polar surface area (TPSA) is 33.2 Å². The second-order valence-electron chi connectivity index (χ2n) is 3.30. The van der Waals surface area contributed by atoms with Crippen molar-refractivity contribution in [2.45, 2.75) is 6.92 Å². The zero-order chi connectivity index (χ0) is 10.6. The molecule has 1 aromatic rings. The number of nitrogens with zero attached hydrogens (tertiary/aromatic N) is 2. The smallest absolute Gasteiger partial charge is 0.246 e. The first kappa shape index (κ1) is 10.4. The fraction of sp³-hybridized carbons (Fsp3) is 0.273. The third kappa shape index (κ3) is 2.69. The van der Waals surface area contributed by atoms with Crippen LogP contribution in [0.25, 0.3) is 6.08 Å². The summed E-state index contributed by atoms with van der Waals surface area (Å²) in [7, 11) is 3.45. The van der Waals surface area contributed by atoms with Gasteiger partial charge in [0, 0.05) is 32.6 Å². The van der Waals surface area contributed by atoms with Gasteiger partial charge in [-0.3, -0.25) is 9.78 Å². The van der Waals surface area contributed by atoms with E-state index in [0.717, 1.165) is 11.1 Å². The zero-order valence-corrected chi connectivity index (χ0v) is 8.69. The van der Waals surface area contributed by atoms with E-state index >= 15 is 0 Å². The highest BCUT2D eigenvalue weighted by Gasteiger charge is 1.97. The summed E-state index contributed by atoms with van der Waals surface area (Å²) in [6.45, 7) is 1.99. The number of aromatic nitrogens is 1. The minimum absolute atomic E-state index is 0.0201. The van der Waals surface area contributed by atoms with Crippen LogP contribution in [-0.4, -0.2) is 29.9 Å². The Hall–Kier alpha value is -1.64. The highest BCUT2D eigenvalue weighted by Crippen LogP contribution is 2.06. The number of likely N-dealkylation sites (N-methyl/N-ethyl adjacent to an activating group) is 1. The Bertz CT molecular complexity index is 356. The van der Waals surface area contributed by atoms with Crippen LogP contribution >= 0.6 is 0 Å². The standard InChI is InChI=1S/C11H14N2O/c1-9-6-7-12-8-10(9)4-5-11(14)13(2)3/h4-8H,1-3H3/b5-4+. The van der Waals surface area contributed by atoms with Gasteiger partial charge in [-0.15, -0.1) is 0 Å². The van der Waals surface area contributed by atoms with Crippen LogP contribution < -0.4 is 0 Å². The Morgan fingerprint density at radius 2 is 2.21 bits per heavy atom. The molecule has 1 heterocycles. The van der Waals surface area contributed by atoms with Crippen molar-refractivity contribution in [3.05, 3.63) is 35.7 Å². The molecular formula is C11H14N2O. The van der Waals surface area contributed by atoms with E-state index in [0.29, 0.717) is 0 Å². The quantitative estimate of drug-likeness (QED) is 0.662. The van der Waals surface area contributed by atoms with Gasteiger partial charge < -0.3 is 4.90 Å². The molecule has 0 aliphatic heterocycles. The van der Waals surface area contributed by atoms with Crippen LogP contribution in [0.5, 0.6) is 0 Å². The molecule has 0 saturated heterocycles. The highest BCUT2D eigenvalue weighted by atomic mass is 16.2. The molecule has 0 unspecified atom stereocenters. The molecule has 14 heavy (non-hydrogen) atoms. The first-order valence-electron chi connectivity index (χ1n) is 4.41. The van der Waals surface area contributed by atoms with E-state index in [1.807, 2.05) is 13.0 Å². The molecule has 0 fully saturated rings. The molecule has 0 aliphatic carbocycles. The van der Waals surface area contributed by atoms with E-state index in [4.69, 9.17) is 0 Å². The lowest BCUT2D eigenvalue weighted by Crippen LogP contribution is -2.18. The number of hydrogen-bond acceptors (Lipinski definition) is 2. The second kappa shape index (κ2) is 4.56. The summed E-state index contributed by atoms with van der Waals surface area (Å²) in [5.74, 6) is -0.0201. The van der Waals surface area contributed by atoms with Crippen molar-refractivity contribution in [3.8, 4) is 0 Å². The van der Waals surface area contributed by atoms with Gasteiger partial charge in [0.15, 0.2) is 0 Å². The molecule has 0 bridgehead atoms. The molecule has 0 radical (unpaired) electrons. The van der Waals surface area contributed by atoms with E-state index in [1.54, 1.807) is 38.6 Å². The first-order valence-corrected chi connectivity index (χ1v) is 4.41. The first-order chi connectivity index (χ1) is 6.61. The van der Waals surface area contributed by atoms with Gasteiger partial charge in [0.05, 0.1) is 0 Å². The van der Waals surface area contributed by atoms with Gasteiger partial charge in [-0.25, -0.2) is 0 Å². The molecule has 0 saturated carbocycles. The van der Waals surface area contributed by atoms with Crippen LogP contribution in [0.2, 0.25) is 0 Å². The normalized spacial score (nSPS) is 10.5. The maximum atomic E-state index is 11.2. The number of pyridine rings is 1. The third-order valence-corrected chi connectivity index (χ3v) is 1.93. The van der Waals surface area contributed by atoms with Crippen molar-refractivity contribution < 1.29 is 4.79 Å². The molecule has 0 N–H and O–H groups in total. The number of aryl methyl sites for hydroxylation is 1. The molecule has 1 amide bonds. The van der Waals surface area contributed by atoms with Gasteiger partial charge >= 0.3 is 0 Å². The Morgan fingerprint density at radius 1 is 1.50 bits per heavy atom. The average molecular weight is 190 g/mol. The number of hydrogen-bond donors (Lipinski definition) is 0. The van der Waals surface area contributed by atoms with E-state index in [-0.39, 0.29) is 5.91 Å². The van der Waals surface area contributed by atoms with Crippen molar-refractivity contribution in [1.29, 1.82) is 0 Å². The predicted octanol–water partition coefficient (Wildman–Crippen LogP) is 1.49. The maximum absolute atomic E-state index is 11.2. The van der Waals surface area contributed by atoms with Crippen molar-refractivity contribution in [2.24, 2.45) is 0 Å². The molecule has 1 aromatic heterocycles. The summed E-state index contributed by atoms with van der Waals surface area (Å²) in [5, 5.41) is 0. The highest BCUT2D eigenvalue weighted by molar-refractivity contribution is 5.91. The third-order valence-electron chi connectivity index (χ3n) is 1.93. The molecule has 0 spiro atoms. The van der Waals surface area contributed by atoms with Crippen LogP contribution in [0.4, 0.5) is 0 Å². The van der Waals surface area contributed by atoms with Gasteiger partial charge in [-0.05, 0) is 30.2 Å². The monoisotopic (exact) mass is 190 g/mol. The van der Waals surface area contributed by atoms with Gasteiger partial charge in [0.25, 0.3) is 0 Å². The van der Waals surface area contributed by atoms with Crippen LogP contribution in [0.1, 0.15) is 11.1 Å². The second-order valence-corrected chi connectivity index (χ2v) is 3.30. The number of rotatable bonds is 2. The van der Waals surface area contributed by atoms with Crippen LogP contribution in [0.15, 0.2) is 24.5 Å². The van der Waals surface area contributed by atoms with Gasteiger partial charge in [-0.2, -0.15) is 0 Å².